The van der Waals surface area contributed by atoms with E-state index in [0.29, 0.717) is 12.3 Å². The monoisotopic (exact) mass is 373 g/mol. The number of carbonyl (C=O) groups is 1. The zero-order chi connectivity index (χ0) is 17.7. The molecule has 0 aliphatic carbocycles. The molecule has 25 heavy (non-hydrogen) atoms. The molecule has 1 aromatic carbocycles. The maximum absolute atomic E-state index is 12.4. The summed E-state index contributed by atoms with van der Waals surface area (Å²) in [4.78, 5) is 24.5. The number of methoxy groups -OCH3 is 1. The number of carbonyl (C=O) groups excluding carboxylic acids is 1. The Hall–Kier alpha value is -2.06. The summed E-state index contributed by atoms with van der Waals surface area (Å²) in [5, 5.41) is 10.9. The van der Waals surface area contributed by atoms with Crippen molar-refractivity contribution in [2.24, 2.45) is 5.73 Å². The number of likely N-dealkylation sites (tertiary alicyclic amines) is 1. The van der Waals surface area contributed by atoms with Gasteiger partial charge in [0.2, 0.25) is 5.75 Å². The summed E-state index contributed by atoms with van der Waals surface area (Å²) in [6.07, 6.45) is 2.92. The predicted octanol–water partition coefficient (Wildman–Crippen LogP) is 2.13. The lowest BCUT2D eigenvalue weighted by Gasteiger charge is -2.38. The van der Waals surface area contributed by atoms with Crippen LogP contribution in [0.5, 0.6) is 11.5 Å². The van der Waals surface area contributed by atoms with E-state index < -0.39 is 4.92 Å². The Morgan fingerprint density at radius 1 is 1.48 bits per heavy atom. The fraction of sp³-hybridized carbons (Fsp3) is 0.562. The Morgan fingerprint density at radius 3 is 2.80 bits per heavy atom. The highest BCUT2D eigenvalue weighted by molar-refractivity contribution is 5.85. The lowest BCUT2D eigenvalue weighted by atomic mass is 9.97. The average molecular weight is 374 g/mol. The highest BCUT2D eigenvalue weighted by Crippen LogP contribution is 2.30. The maximum atomic E-state index is 12.4. The van der Waals surface area contributed by atoms with Crippen LogP contribution in [0.4, 0.5) is 5.69 Å². The van der Waals surface area contributed by atoms with Crippen LogP contribution in [0.1, 0.15) is 26.2 Å². The van der Waals surface area contributed by atoms with E-state index in [2.05, 4.69) is 0 Å². The third kappa shape index (κ3) is 5.20. The molecule has 1 saturated heterocycles. The van der Waals surface area contributed by atoms with E-state index >= 15 is 0 Å². The number of halogens is 1. The molecular formula is C16H24ClN3O5. The summed E-state index contributed by atoms with van der Waals surface area (Å²) in [5.74, 6) is 0.311. The third-order valence-corrected chi connectivity index (χ3v) is 4.19. The smallest absolute Gasteiger partial charge is 0.311 e. The lowest BCUT2D eigenvalue weighted by molar-refractivity contribution is -0.385. The number of piperidine rings is 1. The van der Waals surface area contributed by atoms with E-state index in [0.717, 1.165) is 19.3 Å². The van der Waals surface area contributed by atoms with Gasteiger partial charge < -0.3 is 20.1 Å². The molecule has 1 amide bonds. The van der Waals surface area contributed by atoms with Crippen LogP contribution in [0, 0.1) is 10.1 Å². The van der Waals surface area contributed by atoms with Gasteiger partial charge in [0.1, 0.15) is 5.75 Å². The second-order valence-electron chi connectivity index (χ2n) is 5.89. The van der Waals surface area contributed by atoms with E-state index in [9.17, 15) is 14.9 Å². The van der Waals surface area contributed by atoms with Crippen molar-refractivity contribution in [3.63, 3.8) is 0 Å². The number of hydrogen-bond donors (Lipinski definition) is 1. The molecule has 2 unspecified atom stereocenters. The first-order valence-electron chi connectivity index (χ1n) is 7.94. The molecule has 140 valence electrons. The van der Waals surface area contributed by atoms with Gasteiger partial charge >= 0.3 is 5.69 Å². The second-order valence-corrected chi connectivity index (χ2v) is 5.89. The molecular weight excluding hydrogens is 350 g/mol. The van der Waals surface area contributed by atoms with Crippen LogP contribution in [0.2, 0.25) is 0 Å². The number of amides is 1. The minimum atomic E-state index is -0.533. The molecule has 2 atom stereocenters. The van der Waals surface area contributed by atoms with Crippen molar-refractivity contribution in [2.75, 3.05) is 20.3 Å². The zero-order valence-electron chi connectivity index (χ0n) is 14.3. The van der Waals surface area contributed by atoms with E-state index in [1.54, 1.807) is 4.90 Å². The van der Waals surface area contributed by atoms with Crippen LogP contribution in [0.25, 0.3) is 0 Å². The topological polar surface area (TPSA) is 108 Å². The summed E-state index contributed by atoms with van der Waals surface area (Å²) < 4.78 is 10.5. The number of nitro benzene ring substituents is 1. The number of ether oxygens (including phenoxy) is 2. The van der Waals surface area contributed by atoms with Crippen molar-refractivity contribution >= 4 is 24.0 Å². The molecule has 0 bridgehead atoms. The molecule has 1 aliphatic heterocycles. The molecule has 1 heterocycles. The van der Waals surface area contributed by atoms with E-state index in [-0.39, 0.29) is 48.4 Å². The Kier molecular flexibility index (Phi) is 7.92. The number of nitro groups is 1. The molecule has 1 aromatic rings. The van der Waals surface area contributed by atoms with Crippen LogP contribution < -0.4 is 15.2 Å². The normalized spacial score (nSPS) is 18.0. The first-order valence-corrected chi connectivity index (χ1v) is 7.94. The first-order chi connectivity index (χ1) is 11.4. The van der Waals surface area contributed by atoms with Crippen LogP contribution >= 0.6 is 12.4 Å². The Balaban J connectivity index is 0.00000312. The molecule has 0 saturated carbocycles. The van der Waals surface area contributed by atoms with E-state index in [1.807, 2.05) is 6.92 Å². The van der Waals surface area contributed by atoms with Gasteiger partial charge in [0.05, 0.1) is 12.0 Å². The molecule has 1 aliphatic rings. The Labute approximate surface area is 152 Å². The number of hydrogen-bond acceptors (Lipinski definition) is 6. The van der Waals surface area contributed by atoms with Crippen LogP contribution in [0.15, 0.2) is 18.2 Å². The quantitative estimate of drug-likeness (QED) is 0.604. The molecule has 9 heteroatoms. The number of nitrogens with two attached hydrogens (primary N) is 1. The Bertz CT molecular complexity index is 611. The largest absolute Gasteiger partial charge is 0.490 e. The van der Waals surface area contributed by atoms with Gasteiger partial charge in [-0.1, -0.05) is 0 Å². The van der Waals surface area contributed by atoms with Gasteiger partial charge in [0.15, 0.2) is 6.61 Å². The summed E-state index contributed by atoms with van der Waals surface area (Å²) >= 11 is 0. The van der Waals surface area contributed by atoms with Crippen molar-refractivity contribution in [1.29, 1.82) is 0 Å². The summed E-state index contributed by atoms with van der Waals surface area (Å²) in [5.41, 5.74) is 5.82. The minimum Gasteiger partial charge on any atom is -0.490 e. The van der Waals surface area contributed by atoms with Crippen molar-refractivity contribution in [2.45, 2.75) is 38.3 Å². The number of nitrogens with zero attached hydrogens (tertiary/aromatic N) is 2. The van der Waals surface area contributed by atoms with E-state index in [4.69, 9.17) is 15.2 Å². The molecule has 0 spiro atoms. The summed E-state index contributed by atoms with van der Waals surface area (Å²) in [6.45, 7) is 2.44. The predicted molar refractivity (Wildman–Crippen MR) is 95.4 cm³/mol. The maximum Gasteiger partial charge on any atom is 0.311 e. The van der Waals surface area contributed by atoms with Gasteiger partial charge in [-0.15, -0.1) is 12.4 Å². The first kappa shape index (κ1) is 21.0. The molecule has 0 radical (unpaired) electrons. The van der Waals surface area contributed by atoms with Gasteiger partial charge in [-0.2, -0.15) is 0 Å². The molecule has 8 nitrogen and oxygen atoms in total. The zero-order valence-corrected chi connectivity index (χ0v) is 15.2. The molecule has 0 aromatic heterocycles. The Morgan fingerprint density at radius 2 is 2.20 bits per heavy atom. The van der Waals surface area contributed by atoms with Crippen LogP contribution in [0.3, 0.4) is 0 Å². The molecule has 2 N–H and O–H groups in total. The standard InChI is InChI=1S/C16H23N3O5.ClH/c1-11(17)13-5-3-4-8-18(13)16(20)10-24-12-6-7-14(19(21)22)15(9-12)23-2;/h6-7,9,11,13H,3-5,8,10,17H2,1-2H3;1H. The van der Waals surface area contributed by atoms with Crippen molar-refractivity contribution in [3.8, 4) is 11.5 Å². The van der Waals surface area contributed by atoms with Crippen LogP contribution in [-0.4, -0.2) is 48.1 Å². The van der Waals surface area contributed by atoms with Gasteiger partial charge in [-0.25, -0.2) is 0 Å². The third-order valence-electron chi connectivity index (χ3n) is 4.19. The summed E-state index contributed by atoms with van der Waals surface area (Å²) in [7, 11) is 1.35. The number of rotatable bonds is 6. The van der Waals surface area contributed by atoms with Crippen molar-refractivity contribution < 1.29 is 19.2 Å². The minimum absolute atomic E-state index is 0. The van der Waals surface area contributed by atoms with Gasteiger partial charge in [0, 0.05) is 30.8 Å². The van der Waals surface area contributed by atoms with Gasteiger partial charge in [-0.3, -0.25) is 14.9 Å². The van der Waals surface area contributed by atoms with E-state index in [1.165, 1.54) is 25.3 Å². The highest BCUT2D eigenvalue weighted by atomic mass is 35.5. The number of benzene rings is 1. The second kappa shape index (κ2) is 9.43. The van der Waals surface area contributed by atoms with Crippen molar-refractivity contribution in [1.82, 2.24) is 4.90 Å². The fourth-order valence-electron chi connectivity index (χ4n) is 2.94. The van der Waals surface area contributed by atoms with Crippen LogP contribution in [-0.2, 0) is 4.79 Å². The molecule has 2 rings (SSSR count). The lowest BCUT2D eigenvalue weighted by Crippen LogP contribution is -2.52. The highest BCUT2D eigenvalue weighted by Gasteiger charge is 2.29. The SMILES string of the molecule is COc1cc(OCC(=O)N2CCCCC2C(C)N)ccc1[N+](=O)[O-].Cl. The summed E-state index contributed by atoms with van der Waals surface area (Å²) in [6, 6.07) is 4.09. The fourth-order valence-corrected chi connectivity index (χ4v) is 2.94. The molecule has 1 fully saturated rings. The average Bonchev–Trinajstić information content (AvgIpc) is 2.59. The van der Waals surface area contributed by atoms with Gasteiger partial charge in [-0.05, 0) is 32.3 Å². The van der Waals surface area contributed by atoms with Crippen molar-refractivity contribution in [3.05, 3.63) is 28.3 Å². The van der Waals surface area contributed by atoms with Gasteiger partial charge in [0.25, 0.3) is 5.91 Å².